The van der Waals surface area contributed by atoms with E-state index in [0.717, 1.165) is 11.3 Å². The van der Waals surface area contributed by atoms with E-state index < -0.39 is 4.92 Å². The van der Waals surface area contributed by atoms with E-state index in [1.54, 1.807) is 12.1 Å². The largest absolute Gasteiger partial charge is 0.324 e. The van der Waals surface area contributed by atoms with Crippen LogP contribution in [0.15, 0.2) is 42.5 Å². The van der Waals surface area contributed by atoms with E-state index >= 15 is 0 Å². The zero-order chi connectivity index (χ0) is 17.0. The van der Waals surface area contributed by atoms with Crippen molar-refractivity contribution in [2.45, 2.75) is 26.2 Å². The van der Waals surface area contributed by atoms with Crippen molar-refractivity contribution in [3.63, 3.8) is 0 Å². The third kappa shape index (κ3) is 4.75. The van der Waals surface area contributed by atoms with Gasteiger partial charge in [0.2, 0.25) is 5.91 Å². The number of benzene rings is 1. The Labute approximate surface area is 138 Å². The zero-order valence-corrected chi connectivity index (χ0v) is 14.0. The minimum Gasteiger partial charge on any atom is -0.323 e. The Balaban J connectivity index is 1.98. The summed E-state index contributed by atoms with van der Waals surface area (Å²) in [4.78, 5) is 22.7. The van der Waals surface area contributed by atoms with Crippen LogP contribution < -0.4 is 5.32 Å². The van der Waals surface area contributed by atoms with Crippen molar-refractivity contribution >= 4 is 34.0 Å². The lowest BCUT2D eigenvalue weighted by Crippen LogP contribution is -2.12. The molecule has 0 saturated heterocycles. The number of carbonyl (C=O) groups excluding carboxylic acids is 1. The minimum absolute atomic E-state index is 0.0582. The van der Waals surface area contributed by atoms with Gasteiger partial charge in [0.1, 0.15) is 0 Å². The molecule has 6 heteroatoms. The van der Waals surface area contributed by atoms with Gasteiger partial charge >= 0.3 is 5.00 Å². The molecule has 0 aliphatic heterocycles. The van der Waals surface area contributed by atoms with E-state index in [9.17, 15) is 14.9 Å². The first-order valence-corrected chi connectivity index (χ1v) is 7.91. The Morgan fingerprint density at radius 3 is 2.35 bits per heavy atom. The number of rotatable bonds is 4. The summed E-state index contributed by atoms with van der Waals surface area (Å²) >= 11 is 1.03. The summed E-state index contributed by atoms with van der Waals surface area (Å²) in [7, 11) is 0. The predicted molar refractivity (Wildman–Crippen MR) is 93.8 cm³/mol. The lowest BCUT2D eigenvalue weighted by molar-refractivity contribution is -0.380. The van der Waals surface area contributed by atoms with E-state index in [2.05, 4.69) is 26.1 Å². The highest BCUT2D eigenvalue weighted by atomic mass is 32.1. The van der Waals surface area contributed by atoms with Crippen molar-refractivity contribution < 1.29 is 9.72 Å². The molecule has 0 radical (unpaired) electrons. The Kier molecular flexibility index (Phi) is 4.95. The minimum atomic E-state index is -0.446. The topological polar surface area (TPSA) is 72.2 Å². The fourth-order valence-electron chi connectivity index (χ4n) is 1.93. The summed E-state index contributed by atoms with van der Waals surface area (Å²) in [5, 5.41) is 13.4. The van der Waals surface area contributed by atoms with Crippen molar-refractivity contribution in [3.8, 4) is 0 Å². The van der Waals surface area contributed by atoms with Gasteiger partial charge in [-0.1, -0.05) is 44.2 Å². The van der Waals surface area contributed by atoms with Crippen molar-refractivity contribution in [2.75, 3.05) is 5.32 Å². The molecule has 1 aromatic carbocycles. The first-order chi connectivity index (χ1) is 10.8. The lowest BCUT2D eigenvalue weighted by atomic mass is 9.87. The van der Waals surface area contributed by atoms with Crippen LogP contribution in [0.2, 0.25) is 0 Å². The van der Waals surface area contributed by atoms with Crippen molar-refractivity contribution in [1.29, 1.82) is 0 Å². The molecule has 23 heavy (non-hydrogen) atoms. The Bertz CT molecular complexity index is 740. The molecule has 2 aromatic rings. The maximum absolute atomic E-state index is 11.9. The quantitative estimate of drug-likeness (QED) is 0.505. The first kappa shape index (κ1) is 16.9. The fraction of sp³-hybridized carbons (Fsp3) is 0.235. The third-order valence-corrected chi connectivity index (χ3v) is 4.21. The van der Waals surface area contributed by atoms with Crippen LogP contribution in [0, 0.1) is 10.1 Å². The monoisotopic (exact) mass is 330 g/mol. The maximum Gasteiger partial charge on any atom is 0.324 e. The molecule has 1 amide bonds. The second-order valence-electron chi connectivity index (χ2n) is 6.08. The molecule has 1 aromatic heterocycles. The molecule has 120 valence electrons. The van der Waals surface area contributed by atoms with E-state index in [4.69, 9.17) is 0 Å². The SMILES string of the molecule is CC(C)(C)c1ccc(NC(=O)/C=C/c2ccc([N+](=O)[O-])s2)cc1. The molecule has 0 bridgehead atoms. The Morgan fingerprint density at radius 2 is 1.83 bits per heavy atom. The van der Waals surface area contributed by atoms with Gasteiger partial charge in [-0.15, -0.1) is 0 Å². The molecule has 0 aliphatic carbocycles. The van der Waals surface area contributed by atoms with Gasteiger partial charge in [-0.3, -0.25) is 14.9 Å². The molecule has 1 N–H and O–H groups in total. The van der Waals surface area contributed by atoms with Crippen molar-refractivity contribution in [1.82, 2.24) is 0 Å². The summed E-state index contributed by atoms with van der Waals surface area (Å²) in [5.74, 6) is -0.274. The maximum atomic E-state index is 11.9. The van der Waals surface area contributed by atoms with Crippen LogP contribution in [0.4, 0.5) is 10.7 Å². The van der Waals surface area contributed by atoms with Crippen LogP contribution in [-0.4, -0.2) is 10.8 Å². The van der Waals surface area contributed by atoms with Crippen LogP contribution in [0.5, 0.6) is 0 Å². The average molecular weight is 330 g/mol. The number of hydrogen-bond acceptors (Lipinski definition) is 4. The van der Waals surface area contributed by atoms with Crippen molar-refractivity contribution in [3.05, 3.63) is 63.0 Å². The van der Waals surface area contributed by atoms with Crippen LogP contribution in [-0.2, 0) is 10.2 Å². The normalized spacial score (nSPS) is 11.6. The van der Waals surface area contributed by atoms with Gasteiger partial charge in [0.25, 0.3) is 0 Å². The number of carbonyl (C=O) groups is 1. The summed E-state index contributed by atoms with van der Waals surface area (Å²) in [6, 6.07) is 10.7. The van der Waals surface area contributed by atoms with Crippen LogP contribution in [0.25, 0.3) is 6.08 Å². The van der Waals surface area contributed by atoms with Gasteiger partial charge in [0.15, 0.2) is 0 Å². The fourth-order valence-corrected chi connectivity index (χ4v) is 2.65. The molecule has 0 fully saturated rings. The number of hydrogen-bond donors (Lipinski definition) is 1. The van der Waals surface area contributed by atoms with Gasteiger partial charge in [0.05, 0.1) is 4.92 Å². The van der Waals surface area contributed by atoms with Crippen molar-refractivity contribution in [2.24, 2.45) is 0 Å². The molecule has 5 nitrogen and oxygen atoms in total. The third-order valence-electron chi connectivity index (χ3n) is 3.21. The van der Waals surface area contributed by atoms with Gasteiger partial charge < -0.3 is 5.32 Å². The molecule has 0 saturated carbocycles. The van der Waals surface area contributed by atoms with E-state index in [1.165, 1.54) is 17.7 Å². The lowest BCUT2D eigenvalue weighted by Gasteiger charge is -2.19. The Morgan fingerprint density at radius 1 is 1.17 bits per heavy atom. The van der Waals surface area contributed by atoms with Gasteiger partial charge in [0, 0.05) is 22.7 Å². The van der Waals surface area contributed by atoms with Crippen LogP contribution in [0.1, 0.15) is 31.2 Å². The highest BCUT2D eigenvalue weighted by molar-refractivity contribution is 7.16. The number of amides is 1. The molecular weight excluding hydrogens is 312 g/mol. The van der Waals surface area contributed by atoms with Crippen LogP contribution >= 0.6 is 11.3 Å². The summed E-state index contributed by atoms with van der Waals surface area (Å²) in [5.41, 5.74) is 1.97. The highest BCUT2D eigenvalue weighted by Gasteiger charge is 2.13. The van der Waals surface area contributed by atoms with E-state index in [-0.39, 0.29) is 16.3 Å². The number of anilines is 1. The number of nitrogens with zero attached hydrogens (tertiary/aromatic N) is 1. The summed E-state index contributed by atoms with van der Waals surface area (Å²) < 4.78 is 0. The molecule has 1 heterocycles. The summed E-state index contributed by atoms with van der Waals surface area (Å²) in [6.45, 7) is 6.39. The second-order valence-corrected chi connectivity index (χ2v) is 7.18. The predicted octanol–water partition coefficient (Wildman–Crippen LogP) is 4.61. The summed E-state index contributed by atoms with van der Waals surface area (Å²) in [6.07, 6.45) is 2.93. The number of nitrogens with one attached hydrogen (secondary N) is 1. The number of nitro groups is 1. The molecule has 0 spiro atoms. The molecule has 0 aliphatic rings. The number of thiophene rings is 1. The van der Waals surface area contributed by atoms with Gasteiger partial charge in [-0.2, -0.15) is 0 Å². The van der Waals surface area contributed by atoms with E-state index in [1.807, 2.05) is 24.3 Å². The van der Waals surface area contributed by atoms with Crippen LogP contribution in [0.3, 0.4) is 0 Å². The standard InChI is InChI=1S/C17H18N2O3S/c1-17(2,3)12-4-6-13(7-5-12)18-15(20)10-8-14-9-11-16(23-14)19(21)22/h4-11H,1-3H3,(H,18,20)/b10-8+. The smallest absolute Gasteiger partial charge is 0.323 e. The molecule has 0 atom stereocenters. The zero-order valence-electron chi connectivity index (χ0n) is 13.2. The van der Waals surface area contributed by atoms with E-state index in [0.29, 0.717) is 10.6 Å². The highest BCUT2D eigenvalue weighted by Crippen LogP contribution is 2.25. The molecular formula is C17H18N2O3S. The Hall–Kier alpha value is -2.47. The molecule has 2 rings (SSSR count). The van der Waals surface area contributed by atoms with Gasteiger partial charge in [-0.25, -0.2) is 0 Å². The van der Waals surface area contributed by atoms with Gasteiger partial charge in [-0.05, 0) is 35.3 Å². The average Bonchev–Trinajstić information content (AvgIpc) is 2.94. The molecule has 0 unspecified atom stereocenters. The first-order valence-electron chi connectivity index (χ1n) is 7.09. The second kappa shape index (κ2) is 6.75.